The molecule has 0 aliphatic rings. The zero-order valence-electron chi connectivity index (χ0n) is 8.60. The SMILES string of the molecule is CC=CC(=O)c1cc(C)c(Cl)c(C)c1. The van der Waals surface area contributed by atoms with Crippen molar-refractivity contribution >= 4 is 17.4 Å². The van der Waals surface area contributed by atoms with Crippen molar-refractivity contribution in [3.8, 4) is 0 Å². The molecule has 0 amide bonds. The molecule has 0 aromatic heterocycles. The Balaban J connectivity index is 3.19. The van der Waals surface area contributed by atoms with Crippen molar-refractivity contribution in [2.75, 3.05) is 0 Å². The van der Waals surface area contributed by atoms with Gasteiger partial charge in [-0.15, -0.1) is 0 Å². The lowest BCUT2D eigenvalue weighted by Crippen LogP contribution is -1.96. The van der Waals surface area contributed by atoms with E-state index < -0.39 is 0 Å². The summed E-state index contributed by atoms with van der Waals surface area (Å²) in [6.45, 7) is 5.64. The molecule has 0 aliphatic heterocycles. The maximum atomic E-state index is 11.5. The van der Waals surface area contributed by atoms with Gasteiger partial charge in [0, 0.05) is 10.6 Å². The Hall–Kier alpha value is -1.08. The van der Waals surface area contributed by atoms with Crippen molar-refractivity contribution in [3.63, 3.8) is 0 Å². The zero-order chi connectivity index (χ0) is 10.7. The highest BCUT2D eigenvalue weighted by molar-refractivity contribution is 6.32. The van der Waals surface area contributed by atoms with Crippen LogP contribution < -0.4 is 0 Å². The van der Waals surface area contributed by atoms with Gasteiger partial charge in [-0.2, -0.15) is 0 Å². The van der Waals surface area contributed by atoms with E-state index in [1.54, 1.807) is 12.2 Å². The van der Waals surface area contributed by atoms with Gasteiger partial charge in [0.2, 0.25) is 0 Å². The van der Waals surface area contributed by atoms with Gasteiger partial charge >= 0.3 is 0 Å². The van der Waals surface area contributed by atoms with Crippen molar-refractivity contribution in [1.82, 2.24) is 0 Å². The monoisotopic (exact) mass is 208 g/mol. The van der Waals surface area contributed by atoms with E-state index in [1.807, 2.05) is 32.9 Å². The third-order valence-corrected chi connectivity index (χ3v) is 2.64. The van der Waals surface area contributed by atoms with E-state index in [2.05, 4.69) is 0 Å². The number of hydrogen-bond acceptors (Lipinski definition) is 1. The minimum atomic E-state index is 0.0235. The number of aryl methyl sites for hydroxylation is 2. The van der Waals surface area contributed by atoms with E-state index in [0.717, 1.165) is 16.1 Å². The molecule has 0 atom stereocenters. The number of hydrogen-bond donors (Lipinski definition) is 0. The van der Waals surface area contributed by atoms with E-state index >= 15 is 0 Å². The fourth-order valence-electron chi connectivity index (χ4n) is 1.34. The minimum absolute atomic E-state index is 0.0235. The summed E-state index contributed by atoms with van der Waals surface area (Å²) in [5.74, 6) is 0.0235. The summed E-state index contributed by atoms with van der Waals surface area (Å²) >= 11 is 6.00. The van der Waals surface area contributed by atoms with E-state index in [-0.39, 0.29) is 5.78 Å². The second-order valence-electron chi connectivity index (χ2n) is 3.29. The molecule has 1 aromatic rings. The first-order valence-corrected chi connectivity index (χ1v) is 4.88. The van der Waals surface area contributed by atoms with Crippen LogP contribution >= 0.6 is 11.6 Å². The lowest BCUT2D eigenvalue weighted by atomic mass is 10.0. The smallest absolute Gasteiger partial charge is 0.185 e. The van der Waals surface area contributed by atoms with Gasteiger partial charge in [-0.3, -0.25) is 4.79 Å². The summed E-state index contributed by atoms with van der Waals surface area (Å²) in [6, 6.07) is 3.63. The van der Waals surface area contributed by atoms with E-state index in [0.29, 0.717) is 5.56 Å². The second-order valence-corrected chi connectivity index (χ2v) is 3.67. The molecular weight excluding hydrogens is 196 g/mol. The lowest BCUT2D eigenvalue weighted by molar-refractivity contribution is 0.104. The normalized spacial score (nSPS) is 10.9. The molecule has 0 unspecified atom stereocenters. The molecule has 74 valence electrons. The zero-order valence-corrected chi connectivity index (χ0v) is 9.35. The molecule has 0 aliphatic carbocycles. The summed E-state index contributed by atoms with van der Waals surface area (Å²) in [4.78, 5) is 11.5. The van der Waals surface area contributed by atoms with Gasteiger partial charge in [-0.1, -0.05) is 17.7 Å². The standard InChI is InChI=1S/C12H13ClO/c1-4-5-11(14)10-6-8(2)12(13)9(3)7-10/h4-7H,1-3H3. The summed E-state index contributed by atoms with van der Waals surface area (Å²) < 4.78 is 0. The van der Waals surface area contributed by atoms with Gasteiger partial charge in [-0.05, 0) is 50.1 Å². The summed E-state index contributed by atoms with van der Waals surface area (Å²) in [6.07, 6.45) is 3.30. The molecule has 1 nitrogen and oxygen atoms in total. The van der Waals surface area contributed by atoms with E-state index in [9.17, 15) is 4.79 Å². The van der Waals surface area contributed by atoms with Crippen molar-refractivity contribution in [2.24, 2.45) is 0 Å². The Kier molecular flexibility index (Phi) is 3.48. The summed E-state index contributed by atoms with van der Waals surface area (Å²) in [7, 11) is 0. The molecule has 2 heteroatoms. The van der Waals surface area contributed by atoms with Crippen molar-refractivity contribution in [1.29, 1.82) is 0 Å². The molecule has 0 N–H and O–H groups in total. The van der Waals surface area contributed by atoms with Crippen LogP contribution in [-0.4, -0.2) is 5.78 Å². The number of rotatable bonds is 2. The molecule has 0 saturated heterocycles. The number of ketones is 1. The van der Waals surface area contributed by atoms with E-state index in [4.69, 9.17) is 11.6 Å². The summed E-state index contributed by atoms with van der Waals surface area (Å²) in [5, 5.41) is 0.738. The fourth-order valence-corrected chi connectivity index (χ4v) is 1.44. The highest BCUT2D eigenvalue weighted by atomic mass is 35.5. The summed E-state index contributed by atoms with van der Waals surface area (Å²) in [5.41, 5.74) is 2.58. The van der Waals surface area contributed by atoms with Gasteiger partial charge in [0.1, 0.15) is 0 Å². The van der Waals surface area contributed by atoms with Crippen LogP contribution in [0.3, 0.4) is 0 Å². The Morgan fingerprint density at radius 1 is 1.29 bits per heavy atom. The largest absolute Gasteiger partial charge is 0.289 e. The molecule has 0 spiro atoms. The van der Waals surface area contributed by atoms with Crippen LogP contribution in [-0.2, 0) is 0 Å². The number of halogens is 1. The average molecular weight is 209 g/mol. The minimum Gasteiger partial charge on any atom is -0.289 e. The quantitative estimate of drug-likeness (QED) is 0.535. The van der Waals surface area contributed by atoms with Crippen LogP contribution in [0.5, 0.6) is 0 Å². The molecule has 0 radical (unpaired) electrons. The van der Waals surface area contributed by atoms with Crippen LogP contribution in [0.15, 0.2) is 24.3 Å². The number of allylic oxidation sites excluding steroid dienone is 2. The van der Waals surface area contributed by atoms with E-state index in [1.165, 1.54) is 0 Å². The van der Waals surface area contributed by atoms with Crippen LogP contribution in [0.2, 0.25) is 5.02 Å². The van der Waals surface area contributed by atoms with Gasteiger partial charge in [0.25, 0.3) is 0 Å². The van der Waals surface area contributed by atoms with Crippen molar-refractivity contribution in [3.05, 3.63) is 46.0 Å². The Morgan fingerprint density at radius 2 is 1.79 bits per heavy atom. The van der Waals surface area contributed by atoms with Crippen LogP contribution in [0.4, 0.5) is 0 Å². The molecule has 1 rings (SSSR count). The fraction of sp³-hybridized carbons (Fsp3) is 0.250. The van der Waals surface area contributed by atoms with Gasteiger partial charge in [0.05, 0.1) is 0 Å². The highest BCUT2D eigenvalue weighted by Crippen LogP contribution is 2.22. The maximum absolute atomic E-state index is 11.5. The average Bonchev–Trinajstić information content (AvgIpc) is 2.13. The van der Waals surface area contributed by atoms with Crippen molar-refractivity contribution in [2.45, 2.75) is 20.8 Å². The van der Waals surface area contributed by atoms with Gasteiger partial charge in [-0.25, -0.2) is 0 Å². The first kappa shape index (κ1) is 11.0. The van der Waals surface area contributed by atoms with Gasteiger partial charge in [0.15, 0.2) is 5.78 Å². The van der Waals surface area contributed by atoms with Crippen molar-refractivity contribution < 1.29 is 4.79 Å². The first-order chi connectivity index (χ1) is 6.56. The molecule has 14 heavy (non-hydrogen) atoms. The van der Waals surface area contributed by atoms with Gasteiger partial charge < -0.3 is 0 Å². The van der Waals surface area contributed by atoms with Crippen LogP contribution in [0, 0.1) is 13.8 Å². The molecule has 0 heterocycles. The molecule has 0 saturated carbocycles. The molecule has 0 fully saturated rings. The third kappa shape index (κ3) is 2.24. The highest BCUT2D eigenvalue weighted by Gasteiger charge is 2.06. The Morgan fingerprint density at radius 3 is 2.21 bits per heavy atom. The molecular formula is C12H13ClO. The lowest BCUT2D eigenvalue weighted by Gasteiger charge is -2.04. The Labute approximate surface area is 89.4 Å². The van der Waals surface area contributed by atoms with Crippen LogP contribution in [0.25, 0.3) is 0 Å². The maximum Gasteiger partial charge on any atom is 0.185 e. The number of carbonyl (C=O) groups is 1. The molecule has 0 bridgehead atoms. The predicted octanol–water partition coefficient (Wildman–Crippen LogP) is 3.72. The molecule has 1 aromatic carbocycles. The first-order valence-electron chi connectivity index (χ1n) is 4.50. The Bertz CT molecular complexity index is 368. The number of carbonyl (C=O) groups excluding carboxylic acids is 1. The second kappa shape index (κ2) is 4.43. The predicted molar refractivity (Wildman–Crippen MR) is 60.1 cm³/mol. The topological polar surface area (TPSA) is 17.1 Å². The third-order valence-electron chi connectivity index (χ3n) is 2.04. The van der Waals surface area contributed by atoms with Crippen LogP contribution in [0.1, 0.15) is 28.4 Å². The number of benzene rings is 1.